The molecule has 0 spiro atoms. The Morgan fingerprint density at radius 1 is 1.31 bits per heavy atom. The standard InChI is InChI=1S/C9H9F4NO2/c10-4-1-5(11)7(6(16)2-4)8(14)9(12,13)3-15/h1-2,8,15-16H,3,14H2/t8-/m0/s1. The quantitative estimate of drug-likeness (QED) is 0.696. The van der Waals surface area contributed by atoms with E-state index in [9.17, 15) is 17.6 Å². The van der Waals surface area contributed by atoms with Crippen LogP contribution in [0.2, 0.25) is 0 Å². The molecule has 1 aromatic rings. The monoisotopic (exact) mass is 239 g/mol. The molecule has 90 valence electrons. The third kappa shape index (κ3) is 2.25. The van der Waals surface area contributed by atoms with Crippen LogP contribution in [0, 0.1) is 11.6 Å². The number of alkyl halides is 2. The van der Waals surface area contributed by atoms with Gasteiger partial charge in [-0.3, -0.25) is 0 Å². The topological polar surface area (TPSA) is 66.5 Å². The van der Waals surface area contributed by atoms with E-state index in [0.29, 0.717) is 12.1 Å². The normalized spacial score (nSPS) is 13.9. The number of halogens is 4. The van der Waals surface area contributed by atoms with Crippen LogP contribution >= 0.6 is 0 Å². The fraction of sp³-hybridized carbons (Fsp3) is 0.333. The number of hydrogen-bond donors (Lipinski definition) is 3. The van der Waals surface area contributed by atoms with Crippen molar-refractivity contribution in [2.45, 2.75) is 12.0 Å². The van der Waals surface area contributed by atoms with Gasteiger partial charge in [0, 0.05) is 12.1 Å². The predicted molar refractivity (Wildman–Crippen MR) is 47.0 cm³/mol. The van der Waals surface area contributed by atoms with Crippen molar-refractivity contribution in [3.63, 3.8) is 0 Å². The molecule has 0 radical (unpaired) electrons. The third-order valence-electron chi connectivity index (χ3n) is 2.05. The number of phenolic OH excluding ortho intramolecular Hbond substituents is 1. The Labute approximate surface area is 88.1 Å². The van der Waals surface area contributed by atoms with Gasteiger partial charge in [0.05, 0.1) is 5.56 Å². The fourth-order valence-corrected chi connectivity index (χ4v) is 1.19. The highest BCUT2D eigenvalue weighted by atomic mass is 19.3. The lowest BCUT2D eigenvalue weighted by molar-refractivity contribution is -0.0723. The minimum absolute atomic E-state index is 0.322. The van der Waals surface area contributed by atoms with Crippen LogP contribution in [0.25, 0.3) is 0 Å². The van der Waals surface area contributed by atoms with Gasteiger partial charge in [0.15, 0.2) is 0 Å². The number of hydrogen-bond acceptors (Lipinski definition) is 3. The molecule has 0 fully saturated rings. The van der Waals surface area contributed by atoms with Crippen LogP contribution in [-0.2, 0) is 0 Å². The van der Waals surface area contributed by atoms with Gasteiger partial charge >= 0.3 is 0 Å². The molecule has 16 heavy (non-hydrogen) atoms. The Morgan fingerprint density at radius 2 is 1.88 bits per heavy atom. The summed E-state index contributed by atoms with van der Waals surface area (Å²) in [6.07, 6.45) is 0. The van der Waals surface area contributed by atoms with Crippen LogP contribution in [0.3, 0.4) is 0 Å². The first-order valence-electron chi connectivity index (χ1n) is 4.21. The zero-order valence-electron chi connectivity index (χ0n) is 7.92. The molecule has 1 aromatic carbocycles. The lowest BCUT2D eigenvalue weighted by Crippen LogP contribution is -2.36. The lowest BCUT2D eigenvalue weighted by Gasteiger charge is -2.22. The van der Waals surface area contributed by atoms with Crippen LogP contribution in [0.5, 0.6) is 5.75 Å². The molecule has 0 aromatic heterocycles. The second-order valence-corrected chi connectivity index (χ2v) is 3.22. The van der Waals surface area contributed by atoms with Crippen molar-refractivity contribution in [3.05, 3.63) is 29.3 Å². The van der Waals surface area contributed by atoms with E-state index in [1.54, 1.807) is 0 Å². The van der Waals surface area contributed by atoms with Crippen LogP contribution < -0.4 is 5.73 Å². The molecule has 7 heteroatoms. The smallest absolute Gasteiger partial charge is 0.289 e. The van der Waals surface area contributed by atoms with Gasteiger partial charge in [0.2, 0.25) is 0 Å². The van der Waals surface area contributed by atoms with E-state index in [4.69, 9.17) is 15.9 Å². The number of rotatable bonds is 3. The highest BCUT2D eigenvalue weighted by Crippen LogP contribution is 2.35. The second-order valence-electron chi connectivity index (χ2n) is 3.22. The number of aliphatic hydroxyl groups excluding tert-OH is 1. The predicted octanol–water partition coefficient (Wildman–Crippen LogP) is 1.30. The molecular weight excluding hydrogens is 230 g/mol. The van der Waals surface area contributed by atoms with Crippen molar-refractivity contribution in [2.24, 2.45) is 5.73 Å². The van der Waals surface area contributed by atoms with E-state index in [1.165, 1.54) is 0 Å². The van der Waals surface area contributed by atoms with Crippen LogP contribution in [0.1, 0.15) is 11.6 Å². The van der Waals surface area contributed by atoms with Gasteiger partial charge in [-0.2, -0.15) is 0 Å². The molecule has 0 bridgehead atoms. The van der Waals surface area contributed by atoms with Gasteiger partial charge in [-0.25, -0.2) is 17.6 Å². The maximum atomic E-state index is 13.1. The summed E-state index contributed by atoms with van der Waals surface area (Å²) in [6.45, 7) is -1.61. The molecule has 1 atom stereocenters. The van der Waals surface area contributed by atoms with E-state index in [0.717, 1.165) is 0 Å². The number of aromatic hydroxyl groups is 1. The van der Waals surface area contributed by atoms with Gasteiger partial charge in [-0.1, -0.05) is 0 Å². The number of phenols is 1. The maximum Gasteiger partial charge on any atom is 0.289 e. The summed E-state index contributed by atoms with van der Waals surface area (Å²) in [5, 5.41) is 17.5. The summed E-state index contributed by atoms with van der Waals surface area (Å²) in [6, 6.07) is -1.47. The summed E-state index contributed by atoms with van der Waals surface area (Å²) >= 11 is 0. The highest BCUT2D eigenvalue weighted by molar-refractivity contribution is 5.37. The molecular formula is C9H9F4NO2. The zero-order chi connectivity index (χ0) is 12.5. The van der Waals surface area contributed by atoms with Crippen LogP contribution in [0.4, 0.5) is 17.6 Å². The van der Waals surface area contributed by atoms with Gasteiger partial charge in [-0.15, -0.1) is 0 Å². The average Bonchev–Trinajstić information content (AvgIpc) is 2.15. The Hall–Kier alpha value is -1.34. The Morgan fingerprint density at radius 3 is 2.31 bits per heavy atom. The first-order valence-corrected chi connectivity index (χ1v) is 4.21. The van der Waals surface area contributed by atoms with E-state index >= 15 is 0 Å². The van der Waals surface area contributed by atoms with Gasteiger partial charge in [0.25, 0.3) is 5.92 Å². The Bertz CT molecular complexity index is 374. The first kappa shape index (κ1) is 12.7. The van der Waals surface area contributed by atoms with Gasteiger partial charge < -0.3 is 15.9 Å². The summed E-state index contributed by atoms with van der Waals surface area (Å²) in [7, 11) is 0. The molecule has 0 amide bonds. The van der Waals surface area contributed by atoms with E-state index in [-0.39, 0.29) is 0 Å². The van der Waals surface area contributed by atoms with E-state index in [1.807, 2.05) is 0 Å². The Kier molecular flexibility index (Phi) is 3.39. The van der Waals surface area contributed by atoms with Gasteiger partial charge in [-0.05, 0) is 0 Å². The molecule has 0 aliphatic rings. The first-order chi connectivity index (χ1) is 7.29. The molecule has 0 unspecified atom stereocenters. The molecule has 0 aliphatic heterocycles. The van der Waals surface area contributed by atoms with Crippen LogP contribution in [-0.4, -0.2) is 22.7 Å². The number of nitrogens with two attached hydrogens (primary N) is 1. The summed E-state index contributed by atoms with van der Waals surface area (Å²) in [4.78, 5) is 0. The minimum Gasteiger partial charge on any atom is -0.507 e. The molecule has 0 saturated carbocycles. The largest absolute Gasteiger partial charge is 0.507 e. The maximum absolute atomic E-state index is 13.1. The van der Waals surface area contributed by atoms with Crippen molar-refractivity contribution < 1.29 is 27.8 Å². The number of benzene rings is 1. The average molecular weight is 239 g/mol. The summed E-state index contributed by atoms with van der Waals surface area (Å²) < 4.78 is 51.6. The molecule has 4 N–H and O–H groups in total. The molecule has 3 nitrogen and oxygen atoms in total. The molecule has 0 aliphatic carbocycles. The molecule has 0 heterocycles. The van der Waals surface area contributed by atoms with Crippen molar-refractivity contribution in [2.75, 3.05) is 6.61 Å². The zero-order valence-corrected chi connectivity index (χ0v) is 7.92. The SMILES string of the molecule is N[C@@H](c1c(O)cc(F)cc1F)C(F)(F)CO. The van der Waals surface area contributed by atoms with Gasteiger partial charge in [0.1, 0.15) is 30.0 Å². The van der Waals surface area contributed by atoms with Crippen molar-refractivity contribution in [3.8, 4) is 5.75 Å². The second kappa shape index (κ2) is 4.26. The highest BCUT2D eigenvalue weighted by Gasteiger charge is 2.40. The Balaban J connectivity index is 3.24. The fourth-order valence-electron chi connectivity index (χ4n) is 1.19. The van der Waals surface area contributed by atoms with Crippen molar-refractivity contribution >= 4 is 0 Å². The molecule has 1 rings (SSSR count). The summed E-state index contributed by atoms with van der Waals surface area (Å²) in [5.74, 6) is -7.33. The van der Waals surface area contributed by atoms with Crippen molar-refractivity contribution in [1.82, 2.24) is 0 Å². The van der Waals surface area contributed by atoms with Crippen molar-refractivity contribution in [1.29, 1.82) is 0 Å². The summed E-state index contributed by atoms with van der Waals surface area (Å²) in [5.41, 5.74) is 4.07. The van der Waals surface area contributed by atoms with Crippen LogP contribution in [0.15, 0.2) is 12.1 Å². The third-order valence-corrected chi connectivity index (χ3v) is 2.05. The van der Waals surface area contributed by atoms with E-state index < -0.39 is 41.5 Å². The minimum atomic E-state index is -3.81. The number of aliphatic hydroxyl groups is 1. The molecule has 0 saturated heterocycles. The van der Waals surface area contributed by atoms with E-state index in [2.05, 4.69) is 0 Å². The lowest BCUT2D eigenvalue weighted by atomic mass is 10.00.